The Bertz CT molecular complexity index is 255. The van der Waals surface area contributed by atoms with E-state index >= 15 is 0 Å². The van der Waals surface area contributed by atoms with Gasteiger partial charge in [-0.1, -0.05) is 27.7 Å². The Labute approximate surface area is 118 Å². The topological polar surface area (TPSA) is 28.2 Å². The summed E-state index contributed by atoms with van der Waals surface area (Å²) in [6, 6.07) is 5.20. The van der Waals surface area contributed by atoms with E-state index in [1.807, 2.05) is 37.3 Å². The maximum atomic E-state index is 3.96. The summed E-state index contributed by atoms with van der Waals surface area (Å²) in [6.45, 7) is 8.61. The van der Waals surface area contributed by atoms with Crippen molar-refractivity contribution in [2.75, 3.05) is 19.0 Å². The first-order chi connectivity index (χ1) is 7.43. The van der Waals surface area contributed by atoms with Gasteiger partial charge in [-0.3, -0.25) is 4.98 Å². The third-order valence-electron chi connectivity index (χ3n) is 1.83. The van der Waals surface area contributed by atoms with Gasteiger partial charge in [0.15, 0.2) is 0 Å². The standard InChI is InChI=1S/C7H10N2.C6H15N.Li.H/c1-9(2)7-4-3-5-8-6-7;1-5(2)7-6(3)4;;/h3-6H,1-2H3;5-7H,1-4H3;;. The fraction of sp³-hybridized carbons (Fsp3) is 0.615. The van der Waals surface area contributed by atoms with E-state index in [0.29, 0.717) is 12.1 Å². The Morgan fingerprint density at radius 2 is 1.65 bits per heavy atom. The van der Waals surface area contributed by atoms with Gasteiger partial charge in [0.2, 0.25) is 0 Å². The van der Waals surface area contributed by atoms with Crippen LogP contribution in [0.5, 0.6) is 0 Å². The van der Waals surface area contributed by atoms with Crippen LogP contribution in [0, 0.1) is 0 Å². The Kier molecular flexibility index (Phi) is 11.8. The fourth-order valence-corrected chi connectivity index (χ4v) is 1.28. The van der Waals surface area contributed by atoms with Crippen LogP contribution in [0.25, 0.3) is 0 Å². The predicted octanol–water partition coefficient (Wildman–Crippen LogP) is 1.89. The summed E-state index contributed by atoms with van der Waals surface area (Å²) in [7, 11) is 3.99. The van der Waals surface area contributed by atoms with Crippen LogP contribution in [0.4, 0.5) is 5.69 Å². The molecule has 0 radical (unpaired) electrons. The van der Waals surface area contributed by atoms with Crippen molar-refractivity contribution in [3.8, 4) is 0 Å². The number of pyridine rings is 1. The van der Waals surface area contributed by atoms with Crippen LogP contribution in [-0.2, 0) is 0 Å². The van der Waals surface area contributed by atoms with Gasteiger partial charge in [-0.05, 0) is 12.1 Å². The van der Waals surface area contributed by atoms with Crippen LogP contribution in [-0.4, -0.2) is 50.0 Å². The Hall–Kier alpha value is -0.493. The molecule has 0 aliphatic rings. The first-order valence-electron chi connectivity index (χ1n) is 5.77. The van der Waals surface area contributed by atoms with Gasteiger partial charge in [0.1, 0.15) is 0 Å². The van der Waals surface area contributed by atoms with Crippen molar-refractivity contribution in [2.45, 2.75) is 39.8 Å². The zero-order valence-electron chi connectivity index (χ0n) is 11.4. The zero-order chi connectivity index (χ0) is 12.6. The van der Waals surface area contributed by atoms with Crippen LogP contribution in [0.15, 0.2) is 24.5 Å². The first kappa shape index (κ1) is 18.9. The quantitative estimate of drug-likeness (QED) is 0.805. The van der Waals surface area contributed by atoms with Gasteiger partial charge in [-0.15, -0.1) is 0 Å². The zero-order valence-corrected chi connectivity index (χ0v) is 11.4. The third-order valence-corrected chi connectivity index (χ3v) is 1.83. The molecule has 0 aliphatic carbocycles. The molecule has 4 heteroatoms. The number of nitrogens with one attached hydrogen (secondary N) is 1. The first-order valence-corrected chi connectivity index (χ1v) is 5.77. The van der Waals surface area contributed by atoms with E-state index in [4.69, 9.17) is 0 Å². The Balaban J connectivity index is 0. The molecule has 0 fully saturated rings. The van der Waals surface area contributed by atoms with Crippen molar-refractivity contribution in [3.63, 3.8) is 0 Å². The summed E-state index contributed by atoms with van der Waals surface area (Å²) >= 11 is 0. The molecule has 0 bridgehead atoms. The number of aromatic nitrogens is 1. The predicted molar refractivity (Wildman–Crippen MR) is 79.1 cm³/mol. The van der Waals surface area contributed by atoms with Gasteiger partial charge < -0.3 is 10.2 Å². The van der Waals surface area contributed by atoms with Gasteiger partial charge >= 0.3 is 18.9 Å². The molecule has 0 unspecified atom stereocenters. The molecule has 17 heavy (non-hydrogen) atoms. The molecule has 0 aromatic carbocycles. The fourth-order valence-electron chi connectivity index (χ4n) is 1.28. The Morgan fingerprint density at radius 1 is 1.12 bits per heavy atom. The van der Waals surface area contributed by atoms with E-state index in [1.165, 1.54) is 0 Å². The van der Waals surface area contributed by atoms with Crippen molar-refractivity contribution in [1.29, 1.82) is 0 Å². The van der Waals surface area contributed by atoms with Crippen molar-refractivity contribution < 1.29 is 0 Å². The number of hydrogen-bond donors (Lipinski definition) is 1. The molecule has 0 aliphatic heterocycles. The van der Waals surface area contributed by atoms with E-state index < -0.39 is 0 Å². The van der Waals surface area contributed by atoms with Crippen LogP contribution in [0.1, 0.15) is 27.7 Å². The molecule has 1 aromatic rings. The van der Waals surface area contributed by atoms with Crippen LogP contribution >= 0.6 is 0 Å². The van der Waals surface area contributed by atoms with Gasteiger partial charge in [0.05, 0.1) is 11.9 Å². The number of hydrogen-bond acceptors (Lipinski definition) is 3. The normalized spacial score (nSPS) is 9.41. The second kappa shape index (κ2) is 10.6. The van der Waals surface area contributed by atoms with Crippen LogP contribution < -0.4 is 10.2 Å². The van der Waals surface area contributed by atoms with Crippen LogP contribution in [0.2, 0.25) is 0 Å². The second-order valence-corrected chi connectivity index (χ2v) is 4.58. The van der Waals surface area contributed by atoms with Crippen molar-refractivity contribution >= 4 is 24.5 Å². The molecule has 0 atom stereocenters. The van der Waals surface area contributed by atoms with E-state index in [2.05, 4.69) is 38.0 Å². The molecule has 1 aromatic heterocycles. The van der Waals surface area contributed by atoms with Crippen molar-refractivity contribution in [1.82, 2.24) is 10.3 Å². The summed E-state index contributed by atoms with van der Waals surface area (Å²) in [5.74, 6) is 0. The summed E-state index contributed by atoms with van der Waals surface area (Å²) in [5, 5.41) is 3.31. The average molecular weight is 231 g/mol. The summed E-state index contributed by atoms with van der Waals surface area (Å²) in [6.07, 6.45) is 3.60. The number of rotatable bonds is 3. The minimum absolute atomic E-state index is 0. The van der Waals surface area contributed by atoms with E-state index in [-0.39, 0.29) is 18.9 Å². The number of nitrogens with zero attached hydrogens (tertiary/aromatic N) is 2. The summed E-state index contributed by atoms with van der Waals surface area (Å²) in [4.78, 5) is 5.99. The summed E-state index contributed by atoms with van der Waals surface area (Å²) in [5.41, 5.74) is 1.14. The van der Waals surface area contributed by atoms with Gasteiger partial charge in [0, 0.05) is 32.4 Å². The third kappa shape index (κ3) is 11.8. The van der Waals surface area contributed by atoms with Gasteiger partial charge in [-0.25, -0.2) is 0 Å². The molecular weight excluding hydrogens is 205 g/mol. The molecule has 1 rings (SSSR count). The Morgan fingerprint density at radius 3 is 1.82 bits per heavy atom. The molecule has 94 valence electrons. The SMILES string of the molecule is CC(C)NC(C)C.CN(C)c1cccnc1.[LiH]. The van der Waals surface area contributed by atoms with Crippen molar-refractivity contribution in [3.05, 3.63) is 24.5 Å². The summed E-state index contributed by atoms with van der Waals surface area (Å²) < 4.78 is 0. The molecule has 0 saturated heterocycles. The average Bonchev–Trinajstić information content (AvgIpc) is 2.17. The minimum atomic E-state index is 0. The van der Waals surface area contributed by atoms with Crippen molar-refractivity contribution in [2.24, 2.45) is 0 Å². The molecule has 0 saturated carbocycles. The number of anilines is 1. The monoisotopic (exact) mass is 231 g/mol. The molecular formula is C13H26LiN3. The van der Waals surface area contributed by atoms with E-state index in [9.17, 15) is 0 Å². The molecule has 0 spiro atoms. The van der Waals surface area contributed by atoms with Gasteiger partial charge in [-0.2, -0.15) is 0 Å². The van der Waals surface area contributed by atoms with E-state index in [1.54, 1.807) is 6.20 Å². The molecule has 1 heterocycles. The van der Waals surface area contributed by atoms with E-state index in [0.717, 1.165) is 5.69 Å². The van der Waals surface area contributed by atoms with Gasteiger partial charge in [0.25, 0.3) is 0 Å². The molecule has 3 nitrogen and oxygen atoms in total. The second-order valence-electron chi connectivity index (χ2n) is 4.58. The molecule has 0 amide bonds. The molecule has 1 N–H and O–H groups in total. The maximum absolute atomic E-state index is 3.96. The van der Waals surface area contributed by atoms with Crippen LogP contribution in [0.3, 0.4) is 0 Å².